The van der Waals surface area contributed by atoms with Crippen LogP contribution in [0.1, 0.15) is 39.5 Å². The highest BCUT2D eigenvalue weighted by atomic mass is 35.5. The van der Waals surface area contributed by atoms with Crippen molar-refractivity contribution in [2.45, 2.75) is 31.6 Å². The molecule has 3 heterocycles. The number of benzene rings is 2. The maximum Gasteiger partial charge on any atom is 0.252 e. The molecular weight excluding hydrogens is 481 g/mol. The van der Waals surface area contributed by atoms with Gasteiger partial charge in [0, 0.05) is 47.6 Å². The molecule has 2 N–H and O–H groups in total. The molecule has 4 aromatic rings. The van der Waals surface area contributed by atoms with Crippen LogP contribution in [0, 0.1) is 6.92 Å². The first-order valence-corrected chi connectivity index (χ1v) is 12.2. The molecule has 0 spiro atoms. The third-order valence-electron chi connectivity index (χ3n) is 6.47. The highest BCUT2D eigenvalue weighted by molar-refractivity contribution is 6.31. The molecule has 1 saturated heterocycles. The number of hydrogen-bond acceptors (Lipinski definition) is 5. The van der Waals surface area contributed by atoms with Gasteiger partial charge in [-0.3, -0.25) is 9.48 Å². The minimum Gasteiger partial charge on any atom is -0.378 e. The zero-order chi connectivity index (χ0) is 25.2. The SMILES string of the molecule is Cc1ccc([C@H](NC(=O)c2ccc3cnc(N[C@H]4CCOC[C@H]4F)cc3c2)c2cnn(C)c2)cc1Cl. The summed E-state index contributed by atoms with van der Waals surface area (Å²) in [7, 11) is 1.83. The van der Waals surface area contributed by atoms with E-state index in [9.17, 15) is 9.18 Å². The number of hydrogen-bond donors (Lipinski definition) is 2. The van der Waals surface area contributed by atoms with Crippen molar-refractivity contribution in [1.29, 1.82) is 0 Å². The average molecular weight is 508 g/mol. The summed E-state index contributed by atoms with van der Waals surface area (Å²) >= 11 is 6.39. The molecule has 1 fully saturated rings. The summed E-state index contributed by atoms with van der Waals surface area (Å²) in [6.07, 6.45) is 4.81. The molecule has 0 aliphatic carbocycles. The summed E-state index contributed by atoms with van der Waals surface area (Å²) in [4.78, 5) is 17.8. The number of carbonyl (C=O) groups excluding carboxylic acids is 1. The van der Waals surface area contributed by atoms with Gasteiger partial charge in [0.25, 0.3) is 5.91 Å². The van der Waals surface area contributed by atoms with Crippen LogP contribution in [-0.4, -0.2) is 46.1 Å². The molecule has 0 unspecified atom stereocenters. The van der Waals surface area contributed by atoms with Gasteiger partial charge in [-0.1, -0.05) is 29.8 Å². The molecular formula is C27H27ClFN5O2. The van der Waals surface area contributed by atoms with E-state index in [1.165, 1.54) is 0 Å². The van der Waals surface area contributed by atoms with E-state index in [2.05, 4.69) is 20.7 Å². The number of aryl methyl sites for hydroxylation is 2. The lowest BCUT2D eigenvalue weighted by Gasteiger charge is -2.27. The van der Waals surface area contributed by atoms with Crippen LogP contribution in [0.2, 0.25) is 5.02 Å². The summed E-state index contributed by atoms with van der Waals surface area (Å²) in [6.45, 7) is 2.53. The Hall–Kier alpha value is -3.49. The fourth-order valence-electron chi connectivity index (χ4n) is 4.37. The molecule has 0 saturated carbocycles. The second-order valence-electron chi connectivity index (χ2n) is 9.12. The standard InChI is InChI=1S/C27H27ClFN5O2/c1-16-3-4-17(10-22(16)28)26(21-13-31-34(2)14-21)33-27(35)18-5-6-19-12-30-25(11-20(19)9-18)32-24-7-8-36-15-23(24)29/h3-6,9-14,23-24,26H,7-8,15H2,1-2H3,(H,30,32)(H,33,35)/t23-,24+,26+/m1/s1. The monoisotopic (exact) mass is 507 g/mol. The van der Waals surface area contributed by atoms with Gasteiger partial charge in [-0.15, -0.1) is 0 Å². The Morgan fingerprint density at radius 2 is 2.03 bits per heavy atom. The normalized spacial score (nSPS) is 18.7. The van der Waals surface area contributed by atoms with E-state index >= 15 is 0 Å². The summed E-state index contributed by atoms with van der Waals surface area (Å²) < 4.78 is 21.1. The van der Waals surface area contributed by atoms with Gasteiger partial charge in [0.1, 0.15) is 12.0 Å². The number of carbonyl (C=O) groups is 1. The predicted octanol–water partition coefficient (Wildman–Crippen LogP) is 4.99. The molecule has 3 atom stereocenters. The van der Waals surface area contributed by atoms with Crippen molar-refractivity contribution in [3.63, 3.8) is 0 Å². The largest absolute Gasteiger partial charge is 0.378 e. The molecule has 7 nitrogen and oxygen atoms in total. The number of fused-ring (bicyclic) bond motifs is 1. The van der Waals surface area contributed by atoms with Gasteiger partial charge >= 0.3 is 0 Å². The number of nitrogens with zero attached hydrogens (tertiary/aromatic N) is 3. The fraction of sp³-hybridized carbons (Fsp3) is 0.296. The van der Waals surface area contributed by atoms with Crippen LogP contribution < -0.4 is 10.6 Å². The topological polar surface area (TPSA) is 81.1 Å². The maximum absolute atomic E-state index is 14.2. The van der Waals surface area contributed by atoms with Crippen molar-refractivity contribution in [2.75, 3.05) is 18.5 Å². The van der Waals surface area contributed by atoms with E-state index < -0.39 is 12.2 Å². The third kappa shape index (κ3) is 5.20. The van der Waals surface area contributed by atoms with Gasteiger partial charge in [-0.25, -0.2) is 9.37 Å². The quantitative estimate of drug-likeness (QED) is 0.384. The van der Waals surface area contributed by atoms with E-state index in [1.807, 2.05) is 56.6 Å². The lowest BCUT2D eigenvalue weighted by molar-refractivity contribution is 0.0285. The Morgan fingerprint density at radius 1 is 1.17 bits per heavy atom. The molecule has 9 heteroatoms. The van der Waals surface area contributed by atoms with E-state index in [-0.39, 0.29) is 18.6 Å². The van der Waals surface area contributed by atoms with Crippen LogP contribution in [0.25, 0.3) is 10.8 Å². The van der Waals surface area contributed by atoms with Gasteiger partial charge in [0.2, 0.25) is 0 Å². The molecule has 36 heavy (non-hydrogen) atoms. The number of ether oxygens (including phenoxy) is 1. The molecule has 1 aliphatic heterocycles. The van der Waals surface area contributed by atoms with Crippen molar-refractivity contribution in [2.24, 2.45) is 7.05 Å². The minimum atomic E-state index is -1.09. The van der Waals surface area contributed by atoms with Crippen LogP contribution in [0.15, 0.2) is 61.1 Å². The van der Waals surface area contributed by atoms with Crippen molar-refractivity contribution >= 4 is 34.1 Å². The van der Waals surface area contributed by atoms with E-state index in [4.69, 9.17) is 16.3 Å². The summed E-state index contributed by atoms with van der Waals surface area (Å²) in [5, 5.41) is 12.9. The Bertz CT molecular complexity index is 1410. The van der Waals surface area contributed by atoms with Crippen molar-refractivity contribution in [3.05, 3.63) is 88.3 Å². The van der Waals surface area contributed by atoms with Gasteiger partial charge in [-0.2, -0.15) is 5.10 Å². The molecule has 2 aromatic carbocycles. The Balaban J connectivity index is 1.41. The second kappa shape index (κ2) is 10.2. The molecule has 5 rings (SSSR count). The maximum atomic E-state index is 14.2. The van der Waals surface area contributed by atoms with Crippen molar-refractivity contribution in [3.8, 4) is 0 Å². The number of aromatic nitrogens is 3. The highest BCUT2D eigenvalue weighted by Crippen LogP contribution is 2.27. The molecule has 0 radical (unpaired) electrons. The summed E-state index contributed by atoms with van der Waals surface area (Å²) in [5.41, 5.74) is 3.17. The number of alkyl halides is 1. The van der Waals surface area contributed by atoms with Crippen LogP contribution >= 0.6 is 11.6 Å². The second-order valence-corrected chi connectivity index (χ2v) is 9.53. The first kappa shape index (κ1) is 24.2. The predicted molar refractivity (Wildman–Crippen MR) is 138 cm³/mol. The van der Waals surface area contributed by atoms with Crippen LogP contribution in [0.5, 0.6) is 0 Å². The smallest absolute Gasteiger partial charge is 0.252 e. The first-order valence-electron chi connectivity index (χ1n) is 11.8. The van der Waals surface area contributed by atoms with Crippen LogP contribution in [-0.2, 0) is 11.8 Å². The molecule has 2 aromatic heterocycles. The Morgan fingerprint density at radius 3 is 2.78 bits per heavy atom. The Labute approximate surface area is 213 Å². The van der Waals surface area contributed by atoms with Crippen molar-refractivity contribution < 1.29 is 13.9 Å². The fourth-order valence-corrected chi connectivity index (χ4v) is 4.56. The van der Waals surface area contributed by atoms with Crippen LogP contribution in [0.3, 0.4) is 0 Å². The lowest BCUT2D eigenvalue weighted by atomic mass is 9.99. The molecule has 1 aliphatic rings. The van der Waals surface area contributed by atoms with Crippen molar-refractivity contribution in [1.82, 2.24) is 20.1 Å². The number of rotatable bonds is 6. The number of nitrogens with one attached hydrogen (secondary N) is 2. The van der Waals surface area contributed by atoms with Gasteiger partial charge < -0.3 is 15.4 Å². The minimum absolute atomic E-state index is 0.0832. The van der Waals surface area contributed by atoms with E-state index in [1.54, 1.807) is 23.1 Å². The van der Waals surface area contributed by atoms with Gasteiger partial charge in [0.15, 0.2) is 0 Å². The molecule has 186 valence electrons. The molecule has 1 amide bonds. The zero-order valence-electron chi connectivity index (χ0n) is 20.0. The highest BCUT2D eigenvalue weighted by Gasteiger charge is 2.25. The number of anilines is 1. The van der Waals surface area contributed by atoms with Crippen LogP contribution in [0.4, 0.5) is 10.2 Å². The Kier molecular flexibility index (Phi) is 6.89. The number of pyridine rings is 1. The first-order chi connectivity index (χ1) is 17.4. The lowest BCUT2D eigenvalue weighted by Crippen LogP contribution is -2.39. The number of amides is 1. The number of halogens is 2. The van der Waals surface area contributed by atoms with E-state index in [0.29, 0.717) is 29.4 Å². The zero-order valence-corrected chi connectivity index (χ0v) is 20.8. The average Bonchev–Trinajstić information content (AvgIpc) is 3.31. The van der Waals surface area contributed by atoms with E-state index in [0.717, 1.165) is 27.5 Å². The summed E-state index contributed by atoms with van der Waals surface area (Å²) in [5.74, 6) is 0.333. The van der Waals surface area contributed by atoms with Gasteiger partial charge in [-0.05, 0) is 54.1 Å². The third-order valence-corrected chi connectivity index (χ3v) is 6.87. The summed E-state index contributed by atoms with van der Waals surface area (Å²) in [6, 6.07) is 12.3. The molecule has 0 bridgehead atoms. The van der Waals surface area contributed by atoms with Gasteiger partial charge in [0.05, 0.1) is 24.9 Å².